The molecule has 10 heteroatoms. The number of anilines is 1. The van der Waals surface area contributed by atoms with Gasteiger partial charge in [-0.1, -0.05) is 42.2 Å². The molecule has 0 N–H and O–H groups in total. The van der Waals surface area contributed by atoms with Crippen LogP contribution in [0.1, 0.15) is 22.6 Å². The van der Waals surface area contributed by atoms with Crippen LogP contribution in [0.2, 0.25) is 0 Å². The molecule has 6 rings (SSSR count). The molecular formula is C28H25FN4O3S2. The highest BCUT2D eigenvalue weighted by molar-refractivity contribution is 8.25. The quantitative estimate of drug-likeness (QED) is 0.458. The number of likely N-dealkylation sites (N-methyl/N-ethyl adjacent to an activating group) is 2. The van der Waals surface area contributed by atoms with Crippen molar-refractivity contribution in [1.29, 1.82) is 0 Å². The third-order valence-corrected chi connectivity index (χ3v) is 9.94. The number of nitrogens with zero attached hydrogens (tertiary/aromatic N) is 4. The summed E-state index contributed by atoms with van der Waals surface area (Å²) in [5.74, 6) is -0.722. The van der Waals surface area contributed by atoms with Crippen LogP contribution in [0.3, 0.4) is 0 Å². The van der Waals surface area contributed by atoms with Gasteiger partial charge in [0.1, 0.15) is 20.6 Å². The van der Waals surface area contributed by atoms with E-state index in [0.29, 0.717) is 27.9 Å². The van der Waals surface area contributed by atoms with Crippen molar-refractivity contribution in [3.05, 3.63) is 89.5 Å². The number of hydrogen-bond donors (Lipinski definition) is 0. The highest BCUT2D eigenvalue weighted by Gasteiger charge is 2.78. The fraction of sp³-hybridized carbons (Fsp3) is 0.286. The number of carbonyl (C=O) groups excluding carboxylic acids is 2. The summed E-state index contributed by atoms with van der Waals surface area (Å²) in [6.07, 6.45) is 3.41. The van der Waals surface area contributed by atoms with Gasteiger partial charge in [0.05, 0.1) is 13.7 Å². The third kappa shape index (κ3) is 3.17. The van der Waals surface area contributed by atoms with E-state index in [4.69, 9.17) is 17.0 Å². The lowest BCUT2D eigenvalue weighted by molar-refractivity contribution is -0.139. The second-order valence-corrected chi connectivity index (χ2v) is 11.7. The Hall–Kier alpha value is -3.34. The molecule has 0 radical (unpaired) electrons. The van der Waals surface area contributed by atoms with Gasteiger partial charge in [0, 0.05) is 43.2 Å². The number of thioether (sulfide) groups is 1. The van der Waals surface area contributed by atoms with Crippen LogP contribution in [-0.2, 0) is 21.7 Å². The van der Waals surface area contributed by atoms with Crippen LogP contribution >= 0.6 is 24.0 Å². The van der Waals surface area contributed by atoms with E-state index in [2.05, 4.69) is 4.98 Å². The molecule has 3 atom stereocenters. The van der Waals surface area contributed by atoms with Crippen LogP contribution in [0.4, 0.5) is 10.1 Å². The molecule has 38 heavy (non-hydrogen) atoms. The molecule has 4 heterocycles. The SMILES string of the molecule is COc1ccc(CN2C(=O)[C@]3(SC2=S)[C@H](c2cccnc2)CN(C)[C@]32C(=O)N(C)c3ccc(F)cc32)cc1. The average Bonchev–Trinajstić information content (AvgIpc) is 3.43. The van der Waals surface area contributed by atoms with Crippen molar-refractivity contribution >= 4 is 45.8 Å². The number of rotatable bonds is 4. The predicted octanol–water partition coefficient (Wildman–Crippen LogP) is 3.93. The number of methoxy groups -OCH3 is 1. The van der Waals surface area contributed by atoms with Gasteiger partial charge >= 0.3 is 0 Å². The molecule has 3 aliphatic heterocycles. The number of aromatic nitrogens is 1. The summed E-state index contributed by atoms with van der Waals surface area (Å²) in [5, 5.41) is 0. The van der Waals surface area contributed by atoms with Crippen molar-refractivity contribution in [3.8, 4) is 5.75 Å². The standard InChI is InChI=1S/C28H25FN4O3S2/c1-31-16-22(18-5-4-12-30-14-18)28(27(31)21-13-19(29)8-11-23(21)32(2)24(27)34)25(35)33(26(37)38-28)15-17-6-9-20(36-3)10-7-17/h4-14,22H,15-16H2,1-3H3/t22-,27+,28+/m0/s1. The van der Waals surface area contributed by atoms with E-state index < -0.39 is 22.0 Å². The number of hydrogen-bond acceptors (Lipinski definition) is 7. The molecule has 2 saturated heterocycles. The lowest BCUT2D eigenvalue weighted by Gasteiger charge is -2.42. The molecule has 0 aliphatic carbocycles. The van der Waals surface area contributed by atoms with Gasteiger partial charge in [-0.3, -0.25) is 24.4 Å². The van der Waals surface area contributed by atoms with E-state index in [0.717, 1.165) is 11.1 Å². The number of halogens is 1. The van der Waals surface area contributed by atoms with E-state index in [1.54, 1.807) is 37.5 Å². The van der Waals surface area contributed by atoms with Crippen LogP contribution in [0.15, 0.2) is 67.0 Å². The first-order valence-corrected chi connectivity index (χ1v) is 13.4. The Labute approximate surface area is 229 Å². The van der Waals surface area contributed by atoms with Crippen molar-refractivity contribution in [2.24, 2.45) is 0 Å². The van der Waals surface area contributed by atoms with Gasteiger partial charge in [0.15, 0.2) is 5.54 Å². The first-order valence-electron chi connectivity index (χ1n) is 12.1. The second kappa shape index (κ2) is 8.86. The number of amides is 2. The summed E-state index contributed by atoms with van der Waals surface area (Å²) < 4.78 is 19.1. The number of thiocarbonyl (C=S) groups is 1. The molecule has 2 amide bonds. The number of carbonyl (C=O) groups is 2. The number of benzene rings is 2. The highest BCUT2D eigenvalue weighted by atomic mass is 32.2. The Morgan fingerprint density at radius 1 is 1.13 bits per heavy atom. The number of likely N-dealkylation sites (tertiary alicyclic amines) is 1. The Morgan fingerprint density at radius 2 is 1.89 bits per heavy atom. The van der Waals surface area contributed by atoms with Crippen molar-refractivity contribution in [1.82, 2.24) is 14.8 Å². The van der Waals surface area contributed by atoms with Crippen molar-refractivity contribution < 1.29 is 18.7 Å². The molecule has 194 valence electrons. The summed E-state index contributed by atoms with van der Waals surface area (Å²) >= 11 is 7.08. The largest absolute Gasteiger partial charge is 0.497 e. The summed E-state index contributed by atoms with van der Waals surface area (Å²) in [5.41, 5.74) is 1.31. The lowest BCUT2D eigenvalue weighted by atomic mass is 9.72. The normalized spacial score (nSPS) is 26.7. The van der Waals surface area contributed by atoms with E-state index in [1.165, 1.54) is 28.8 Å². The van der Waals surface area contributed by atoms with Crippen LogP contribution in [0, 0.1) is 5.82 Å². The molecule has 3 aromatic rings. The second-order valence-electron chi connectivity index (χ2n) is 9.80. The zero-order chi connectivity index (χ0) is 26.8. The lowest BCUT2D eigenvalue weighted by Crippen LogP contribution is -2.62. The van der Waals surface area contributed by atoms with Gasteiger partial charge in [0.2, 0.25) is 5.91 Å². The minimum Gasteiger partial charge on any atom is -0.497 e. The van der Waals surface area contributed by atoms with Gasteiger partial charge in [-0.25, -0.2) is 4.39 Å². The minimum atomic E-state index is -1.46. The Balaban J connectivity index is 1.56. The Bertz CT molecular complexity index is 1470. The summed E-state index contributed by atoms with van der Waals surface area (Å²) in [6.45, 7) is 0.634. The number of fused-ring (bicyclic) bond motifs is 3. The minimum absolute atomic E-state index is 0.246. The molecule has 0 bridgehead atoms. The maximum absolute atomic E-state index is 14.8. The zero-order valence-corrected chi connectivity index (χ0v) is 22.7. The fourth-order valence-electron chi connectivity index (χ4n) is 6.30. The monoisotopic (exact) mass is 548 g/mol. The first kappa shape index (κ1) is 25.0. The average molecular weight is 549 g/mol. The van der Waals surface area contributed by atoms with E-state index in [-0.39, 0.29) is 18.4 Å². The van der Waals surface area contributed by atoms with E-state index in [1.807, 2.05) is 48.3 Å². The summed E-state index contributed by atoms with van der Waals surface area (Å²) in [4.78, 5) is 38.4. The van der Waals surface area contributed by atoms with E-state index >= 15 is 0 Å². The Morgan fingerprint density at radius 3 is 2.58 bits per heavy atom. The van der Waals surface area contributed by atoms with Gasteiger partial charge in [-0.15, -0.1) is 0 Å². The van der Waals surface area contributed by atoms with Crippen molar-refractivity contribution in [3.63, 3.8) is 0 Å². The fourth-order valence-corrected chi connectivity index (χ4v) is 8.43. The summed E-state index contributed by atoms with van der Waals surface area (Å²) in [7, 11) is 5.09. The molecule has 7 nitrogen and oxygen atoms in total. The summed E-state index contributed by atoms with van der Waals surface area (Å²) in [6, 6.07) is 15.5. The molecule has 2 fully saturated rings. The van der Waals surface area contributed by atoms with Crippen LogP contribution in [-0.4, -0.2) is 63.4 Å². The van der Waals surface area contributed by atoms with Crippen molar-refractivity contribution in [2.75, 3.05) is 32.6 Å². The van der Waals surface area contributed by atoms with Crippen LogP contribution < -0.4 is 9.64 Å². The third-order valence-electron chi connectivity index (χ3n) is 8.00. The molecule has 2 spiro atoms. The zero-order valence-electron chi connectivity index (χ0n) is 21.1. The molecule has 0 saturated carbocycles. The topological polar surface area (TPSA) is 66.0 Å². The van der Waals surface area contributed by atoms with Gasteiger partial charge in [0.25, 0.3) is 5.91 Å². The van der Waals surface area contributed by atoms with Crippen LogP contribution in [0.25, 0.3) is 0 Å². The maximum atomic E-state index is 14.8. The highest BCUT2D eigenvalue weighted by Crippen LogP contribution is 2.66. The Kier molecular flexibility index (Phi) is 5.82. The van der Waals surface area contributed by atoms with Crippen molar-refractivity contribution in [2.45, 2.75) is 22.7 Å². The first-order chi connectivity index (χ1) is 18.3. The molecular weight excluding hydrogens is 523 g/mol. The molecule has 2 aromatic carbocycles. The number of pyridine rings is 1. The van der Waals surface area contributed by atoms with Gasteiger partial charge < -0.3 is 9.64 Å². The van der Waals surface area contributed by atoms with Gasteiger partial charge in [-0.05, 0) is 54.6 Å². The van der Waals surface area contributed by atoms with E-state index in [9.17, 15) is 14.0 Å². The number of ether oxygens (including phenoxy) is 1. The molecule has 1 aromatic heterocycles. The smallest absolute Gasteiger partial charge is 0.254 e. The van der Waals surface area contributed by atoms with Crippen LogP contribution in [0.5, 0.6) is 5.75 Å². The molecule has 0 unspecified atom stereocenters. The van der Waals surface area contributed by atoms with Gasteiger partial charge in [-0.2, -0.15) is 0 Å². The maximum Gasteiger partial charge on any atom is 0.254 e. The predicted molar refractivity (Wildman–Crippen MR) is 148 cm³/mol. The molecule has 3 aliphatic rings.